The van der Waals surface area contributed by atoms with Crippen molar-refractivity contribution < 1.29 is 13.2 Å². The lowest BCUT2D eigenvalue weighted by molar-refractivity contribution is 0.496. The number of rotatable bonds is 3. The fourth-order valence-corrected chi connectivity index (χ4v) is 2.08. The Morgan fingerprint density at radius 1 is 1.24 bits per heavy atom. The molecule has 1 aromatic carbocycles. The zero-order valence-corrected chi connectivity index (χ0v) is 11.6. The van der Waals surface area contributed by atoms with Gasteiger partial charge in [-0.05, 0) is 6.07 Å². The van der Waals surface area contributed by atoms with Crippen LogP contribution in [0.5, 0.6) is 0 Å². The van der Waals surface area contributed by atoms with E-state index in [1.807, 2.05) is 13.8 Å². The highest BCUT2D eigenvalue weighted by Gasteiger charge is 2.21. The Hall–Kier alpha value is -2.42. The lowest BCUT2D eigenvalue weighted by Gasteiger charge is -2.08. The minimum Gasteiger partial charge on any atom is -0.383 e. The maximum absolute atomic E-state index is 13.9. The summed E-state index contributed by atoms with van der Waals surface area (Å²) in [5, 5.41) is 0. The molecule has 0 aliphatic rings. The van der Waals surface area contributed by atoms with Crippen molar-refractivity contribution in [1.29, 1.82) is 0 Å². The fourth-order valence-electron chi connectivity index (χ4n) is 2.08. The monoisotopic (exact) mass is 293 g/mol. The summed E-state index contributed by atoms with van der Waals surface area (Å²) in [4.78, 5) is 4.24. The molecule has 6 heteroatoms. The van der Waals surface area contributed by atoms with Gasteiger partial charge in [-0.1, -0.05) is 19.8 Å². The van der Waals surface area contributed by atoms with Crippen LogP contribution in [0.25, 0.3) is 11.3 Å². The summed E-state index contributed by atoms with van der Waals surface area (Å²) >= 11 is 0. The molecule has 0 saturated heterocycles. The predicted octanol–water partition coefficient (Wildman–Crippen LogP) is 3.31. The number of hydrogen-bond donors (Lipinski definition) is 1. The molecular formula is C15H14F3N3. The van der Waals surface area contributed by atoms with Crippen LogP contribution >= 0.6 is 0 Å². The topological polar surface area (TPSA) is 43.8 Å². The van der Waals surface area contributed by atoms with Crippen molar-refractivity contribution in [3.63, 3.8) is 0 Å². The number of aromatic nitrogens is 2. The highest BCUT2D eigenvalue weighted by atomic mass is 19.2. The van der Waals surface area contributed by atoms with Gasteiger partial charge in [0.25, 0.3) is 0 Å². The first-order valence-electron chi connectivity index (χ1n) is 6.31. The van der Waals surface area contributed by atoms with Crippen molar-refractivity contribution in [2.24, 2.45) is 0 Å². The van der Waals surface area contributed by atoms with Crippen LogP contribution in [0, 0.1) is 29.8 Å². The number of hydrogen-bond acceptors (Lipinski definition) is 2. The molecule has 0 unspecified atom stereocenters. The first-order valence-corrected chi connectivity index (χ1v) is 6.31. The second kappa shape index (κ2) is 5.52. The Kier molecular flexibility index (Phi) is 3.94. The van der Waals surface area contributed by atoms with Gasteiger partial charge < -0.3 is 10.3 Å². The first kappa shape index (κ1) is 15.0. The van der Waals surface area contributed by atoms with Crippen LogP contribution in [0.4, 0.5) is 19.0 Å². The molecule has 21 heavy (non-hydrogen) atoms. The molecule has 0 atom stereocenters. The van der Waals surface area contributed by atoms with Gasteiger partial charge in [-0.25, -0.2) is 18.2 Å². The van der Waals surface area contributed by atoms with E-state index >= 15 is 0 Å². The van der Waals surface area contributed by atoms with Crippen molar-refractivity contribution in [3.8, 4) is 23.6 Å². The summed E-state index contributed by atoms with van der Waals surface area (Å²) in [7, 11) is 0. The van der Waals surface area contributed by atoms with Crippen molar-refractivity contribution in [2.45, 2.75) is 26.3 Å². The van der Waals surface area contributed by atoms with Crippen molar-refractivity contribution in [1.82, 2.24) is 9.55 Å². The normalized spacial score (nSPS) is 10.9. The minimum atomic E-state index is -1.26. The van der Waals surface area contributed by atoms with Crippen LogP contribution < -0.4 is 5.73 Å². The molecule has 0 spiro atoms. The quantitative estimate of drug-likeness (QED) is 0.697. The summed E-state index contributed by atoms with van der Waals surface area (Å²) in [6.07, 6.45) is 5.28. The highest BCUT2D eigenvalue weighted by molar-refractivity contribution is 5.72. The lowest BCUT2D eigenvalue weighted by atomic mass is 10.1. The average Bonchev–Trinajstić information content (AvgIpc) is 2.73. The molecule has 1 heterocycles. The van der Waals surface area contributed by atoms with Crippen LogP contribution in [-0.4, -0.2) is 9.55 Å². The van der Waals surface area contributed by atoms with E-state index in [0.29, 0.717) is 11.9 Å². The third-order valence-corrected chi connectivity index (χ3v) is 3.07. The number of terminal acetylenes is 1. The predicted molar refractivity (Wildman–Crippen MR) is 74.9 cm³/mol. The average molecular weight is 293 g/mol. The molecule has 110 valence electrons. The Morgan fingerprint density at radius 2 is 1.86 bits per heavy atom. The molecule has 0 aliphatic carbocycles. The molecule has 0 radical (unpaired) electrons. The number of nitrogen functional groups attached to an aromatic ring is 1. The minimum absolute atomic E-state index is 0.0113. The molecule has 0 saturated carbocycles. The zero-order chi connectivity index (χ0) is 15.7. The van der Waals surface area contributed by atoms with Crippen molar-refractivity contribution in [3.05, 3.63) is 35.4 Å². The van der Waals surface area contributed by atoms with E-state index in [-0.39, 0.29) is 29.5 Å². The molecule has 1 aromatic heterocycles. The Morgan fingerprint density at radius 3 is 2.43 bits per heavy atom. The standard InChI is InChI=1S/C15H14F3N3/c1-4-5-21-14(19)13(20-15(21)8(2)3)9-6-11(17)12(18)7-10(9)16/h1,6-8H,5,19H2,2-3H3. The van der Waals surface area contributed by atoms with E-state index in [1.165, 1.54) is 0 Å². The summed E-state index contributed by atoms with van der Waals surface area (Å²) in [5.41, 5.74) is 5.81. The van der Waals surface area contributed by atoms with Gasteiger partial charge in [0.1, 0.15) is 23.2 Å². The van der Waals surface area contributed by atoms with Gasteiger partial charge in [0.2, 0.25) is 0 Å². The smallest absolute Gasteiger partial charge is 0.161 e. The molecule has 2 rings (SSSR count). The highest BCUT2D eigenvalue weighted by Crippen LogP contribution is 2.32. The maximum Gasteiger partial charge on any atom is 0.161 e. The van der Waals surface area contributed by atoms with Crippen LogP contribution in [0.2, 0.25) is 0 Å². The molecule has 0 fully saturated rings. The number of imidazole rings is 1. The van der Waals surface area contributed by atoms with Crippen LogP contribution in [-0.2, 0) is 6.54 Å². The number of anilines is 1. The van der Waals surface area contributed by atoms with Gasteiger partial charge in [-0.15, -0.1) is 6.42 Å². The van der Waals surface area contributed by atoms with E-state index in [0.717, 1.165) is 6.07 Å². The van der Waals surface area contributed by atoms with E-state index in [9.17, 15) is 13.2 Å². The number of nitrogens with zero attached hydrogens (tertiary/aromatic N) is 2. The molecule has 2 aromatic rings. The first-order chi connectivity index (χ1) is 9.86. The van der Waals surface area contributed by atoms with E-state index < -0.39 is 17.5 Å². The van der Waals surface area contributed by atoms with Gasteiger partial charge in [-0.2, -0.15) is 0 Å². The summed E-state index contributed by atoms with van der Waals surface area (Å²) in [6, 6.07) is 1.22. The van der Waals surface area contributed by atoms with Crippen LogP contribution in [0.15, 0.2) is 12.1 Å². The Bertz CT molecular complexity index is 727. The molecule has 3 nitrogen and oxygen atoms in total. The Balaban J connectivity index is 2.68. The van der Waals surface area contributed by atoms with Crippen molar-refractivity contribution >= 4 is 5.82 Å². The Labute approximate surface area is 120 Å². The van der Waals surface area contributed by atoms with E-state index in [2.05, 4.69) is 10.9 Å². The molecule has 0 amide bonds. The maximum atomic E-state index is 13.9. The number of halogens is 3. The molecule has 0 bridgehead atoms. The summed E-state index contributed by atoms with van der Waals surface area (Å²) < 4.78 is 41.8. The molecule has 0 aliphatic heterocycles. The van der Waals surface area contributed by atoms with Crippen LogP contribution in [0.3, 0.4) is 0 Å². The summed E-state index contributed by atoms with van der Waals surface area (Å²) in [5.74, 6) is -0.245. The van der Waals surface area contributed by atoms with Gasteiger partial charge in [0.05, 0.1) is 6.54 Å². The van der Waals surface area contributed by atoms with Gasteiger partial charge in [0.15, 0.2) is 11.6 Å². The van der Waals surface area contributed by atoms with Gasteiger partial charge in [0, 0.05) is 17.5 Å². The second-order valence-electron chi connectivity index (χ2n) is 4.89. The second-order valence-corrected chi connectivity index (χ2v) is 4.89. The molecular weight excluding hydrogens is 279 g/mol. The van der Waals surface area contributed by atoms with E-state index in [1.54, 1.807) is 4.57 Å². The fraction of sp³-hybridized carbons (Fsp3) is 0.267. The third-order valence-electron chi connectivity index (χ3n) is 3.07. The zero-order valence-electron chi connectivity index (χ0n) is 11.6. The number of benzene rings is 1. The van der Waals surface area contributed by atoms with Gasteiger partial charge in [-0.3, -0.25) is 0 Å². The van der Waals surface area contributed by atoms with Crippen LogP contribution in [0.1, 0.15) is 25.6 Å². The van der Waals surface area contributed by atoms with Crippen molar-refractivity contribution in [2.75, 3.05) is 5.73 Å². The SMILES string of the molecule is C#CCn1c(C(C)C)nc(-c2cc(F)c(F)cc2F)c1N. The summed E-state index contributed by atoms with van der Waals surface area (Å²) in [6.45, 7) is 3.91. The van der Waals surface area contributed by atoms with E-state index in [4.69, 9.17) is 12.2 Å². The largest absolute Gasteiger partial charge is 0.383 e. The molecule has 2 N–H and O–H groups in total. The lowest BCUT2D eigenvalue weighted by Crippen LogP contribution is -2.07. The van der Waals surface area contributed by atoms with Gasteiger partial charge >= 0.3 is 0 Å². The number of nitrogens with two attached hydrogens (primary N) is 1. The third kappa shape index (κ3) is 2.59.